The number of aryl methyl sites for hydroxylation is 1. The van der Waals surface area contributed by atoms with Crippen LogP contribution in [0.15, 0.2) is 66.8 Å². The summed E-state index contributed by atoms with van der Waals surface area (Å²) in [6, 6.07) is 6.58. The summed E-state index contributed by atoms with van der Waals surface area (Å²) in [5.41, 5.74) is 1.31. The smallest absolute Gasteiger partial charge is 0.303 e. The van der Waals surface area contributed by atoms with Gasteiger partial charge in [-0.05, 0) is 127 Å². The molecule has 1 fully saturated rings. The standard InChI is InChI=1S/C57H95NO7/c59-56(60)41-35-31-27-23-19-15-11-7-3-1-5-9-13-17-21-25-29-33-37-46-64-54-50-53(40-39-43-58-44-48-63-49-45-58)51-55(52-54)65-47-38-34-30-26-22-18-14-10-6-2-4-8-12-16-20-24-28-32-36-42-57(61)62/h1-2,5-8,11-12,50-52H,3-4,9-10,13-49H2,(H,59,60)(H,61,62)/b5-1-,6-2-,11-7-,12-8-. The van der Waals surface area contributed by atoms with Gasteiger partial charge >= 0.3 is 11.9 Å². The largest absolute Gasteiger partial charge is 0.493 e. The van der Waals surface area contributed by atoms with Crippen LogP contribution in [0, 0.1) is 0 Å². The van der Waals surface area contributed by atoms with Crippen LogP contribution < -0.4 is 9.47 Å². The normalized spacial score (nSPS) is 13.6. The zero-order valence-electron chi connectivity index (χ0n) is 41.2. The molecular formula is C57H95NO7. The second kappa shape index (κ2) is 44.5. The van der Waals surface area contributed by atoms with Crippen molar-refractivity contribution < 1.29 is 34.0 Å². The molecule has 370 valence electrons. The fraction of sp³-hybridized carbons (Fsp3) is 0.719. The van der Waals surface area contributed by atoms with Gasteiger partial charge in [-0.2, -0.15) is 0 Å². The number of hydrogen-bond acceptors (Lipinski definition) is 6. The van der Waals surface area contributed by atoms with Gasteiger partial charge in [0.05, 0.1) is 26.4 Å². The van der Waals surface area contributed by atoms with Gasteiger partial charge in [-0.15, -0.1) is 0 Å². The first-order valence-electron chi connectivity index (χ1n) is 26.8. The second-order valence-corrected chi connectivity index (χ2v) is 18.4. The summed E-state index contributed by atoms with van der Waals surface area (Å²) in [7, 11) is 0. The number of aliphatic carboxylic acids is 2. The predicted molar refractivity (Wildman–Crippen MR) is 273 cm³/mol. The molecule has 2 rings (SSSR count). The Morgan fingerprint density at radius 2 is 0.815 bits per heavy atom. The van der Waals surface area contributed by atoms with Crippen molar-refractivity contribution in [2.45, 2.75) is 218 Å². The van der Waals surface area contributed by atoms with E-state index in [9.17, 15) is 9.59 Å². The van der Waals surface area contributed by atoms with Crippen LogP contribution in [0.25, 0.3) is 0 Å². The molecule has 0 saturated carbocycles. The number of rotatable bonds is 46. The molecule has 1 heterocycles. The van der Waals surface area contributed by atoms with Crippen molar-refractivity contribution >= 4 is 11.9 Å². The van der Waals surface area contributed by atoms with Crippen molar-refractivity contribution in [3.63, 3.8) is 0 Å². The molecule has 0 amide bonds. The van der Waals surface area contributed by atoms with Gasteiger partial charge in [0, 0.05) is 32.0 Å². The van der Waals surface area contributed by atoms with Crippen molar-refractivity contribution in [3.05, 3.63) is 72.4 Å². The maximum atomic E-state index is 10.6. The summed E-state index contributed by atoms with van der Waals surface area (Å²) in [5, 5.41) is 17.4. The van der Waals surface area contributed by atoms with Crippen molar-refractivity contribution in [2.24, 2.45) is 0 Å². The molecule has 1 aliphatic heterocycles. The van der Waals surface area contributed by atoms with Crippen LogP contribution in [0.5, 0.6) is 11.5 Å². The van der Waals surface area contributed by atoms with E-state index < -0.39 is 11.9 Å². The van der Waals surface area contributed by atoms with Crippen LogP contribution in [-0.4, -0.2) is 73.1 Å². The highest BCUT2D eigenvalue weighted by molar-refractivity contribution is 5.66. The third kappa shape index (κ3) is 39.5. The Hall–Kier alpha value is -3.36. The summed E-state index contributed by atoms with van der Waals surface area (Å²) in [4.78, 5) is 23.6. The van der Waals surface area contributed by atoms with E-state index in [2.05, 4.69) is 71.7 Å². The topological polar surface area (TPSA) is 106 Å². The van der Waals surface area contributed by atoms with E-state index in [1.165, 1.54) is 121 Å². The number of morpholine rings is 1. The minimum absolute atomic E-state index is 0.307. The van der Waals surface area contributed by atoms with E-state index in [1.54, 1.807) is 0 Å². The maximum Gasteiger partial charge on any atom is 0.303 e. The summed E-state index contributed by atoms with van der Waals surface area (Å²) in [5.74, 6) is 0.551. The first-order chi connectivity index (χ1) is 32.0. The molecule has 8 nitrogen and oxygen atoms in total. The number of carboxylic acids is 2. The molecule has 65 heavy (non-hydrogen) atoms. The lowest BCUT2D eigenvalue weighted by molar-refractivity contribution is -0.138. The zero-order chi connectivity index (χ0) is 46.4. The number of carboxylic acid groups (broad SMARTS) is 2. The first kappa shape index (κ1) is 57.8. The zero-order valence-corrected chi connectivity index (χ0v) is 41.2. The highest BCUT2D eigenvalue weighted by Gasteiger charge is 2.11. The fourth-order valence-electron chi connectivity index (χ4n) is 8.30. The molecule has 0 unspecified atom stereocenters. The number of nitrogens with zero attached hydrogens (tertiary/aromatic N) is 1. The lowest BCUT2D eigenvalue weighted by Gasteiger charge is -2.26. The van der Waals surface area contributed by atoms with Crippen molar-refractivity contribution in [1.82, 2.24) is 4.90 Å². The van der Waals surface area contributed by atoms with Gasteiger partial charge in [0.25, 0.3) is 0 Å². The predicted octanol–water partition coefficient (Wildman–Crippen LogP) is 15.6. The molecule has 1 aromatic carbocycles. The van der Waals surface area contributed by atoms with Gasteiger partial charge in [-0.1, -0.05) is 151 Å². The minimum Gasteiger partial charge on any atom is -0.493 e. The van der Waals surface area contributed by atoms with Crippen LogP contribution in [0.4, 0.5) is 0 Å². The lowest BCUT2D eigenvalue weighted by atomic mass is 10.1. The third-order valence-corrected chi connectivity index (χ3v) is 12.3. The molecule has 0 aliphatic carbocycles. The van der Waals surface area contributed by atoms with Crippen LogP contribution in [0.3, 0.4) is 0 Å². The molecule has 0 atom stereocenters. The second-order valence-electron chi connectivity index (χ2n) is 18.4. The molecule has 0 radical (unpaired) electrons. The van der Waals surface area contributed by atoms with E-state index in [-0.39, 0.29) is 0 Å². The Kier molecular flexibility index (Phi) is 39.5. The van der Waals surface area contributed by atoms with E-state index >= 15 is 0 Å². The summed E-state index contributed by atoms with van der Waals surface area (Å²) < 4.78 is 18.2. The van der Waals surface area contributed by atoms with Gasteiger partial charge in [-0.3, -0.25) is 14.5 Å². The molecular weight excluding hydrogens is 811 g/mol. The summed E-state index contributed by atoms with van der Waals surface area (Å²) >= 11 is 0. The Morgan fingerprint density at radius 3 is 1.20 bits per heavy atom. The van der Waals surface area contributed by atoms with E-state index in [0.29, 0.717) is 12.8 Å². The molecule has 0 aromatic heterocycles. The molecule has 0 bridgehead atoms. The SMILES string of the molecule is O=C(O)CCCCCCC/C=C\C/C=C\CCCCCCCCCOc1cc(CCCN2CCOCC2)cc(OCCCCCCCCC/C=C\C/C=C\CCCCCCCC(=O)O)c1. The first-order valence-corrected chi connectivity index (χ1v) is 26.8. The number of unbranched alkanes of at least 4 members (excludes halogenated alkanes) is 24. The van der Waals surface area contributed by atoms with Crippen molar-refractivity contribution in [1.29, 1.82) is 0 Å². The van der Waals surface area contributed by atoms with Gasteiger partial charge < -0.3 is 24.4 Å². The van der Waals surface area contributed by atoms with Crippen LogP contribution in [0.2, 0.25) is 0 Å². The molecule has 1 saturated heterocycles. The Balaban J connectivity index is 1.50. The third-order valence-electron chi connectivity index (χ3n) is 12.3. The number of carbonyl (C=O) groups is 2. The summed E-state index contributed by atoms with van der Waals surface area (Å²) in [6.45, 7) is 6.41. The van der Waals surface area contributed by atoms with Crippen molar-refractivity contribution in [3.8, 4) is 11.5 Å². The van der Waals surface area contributed by atoms with E-state index in [4.69, 9.17) is 24.4 Å². The van der Waals surface area contributed by atoms with Gasteiger partial charge in [-0.25, -0.2) is 0 Å². The summed E-state index contributed by atoms with van der Waals surface area (Å²) in [6.07, 6.45) is 56.3. The molecule has 1 aromatic rings. The molecule has 0 spiro atoms. The van der Waals surface area contributed by atoms with Gasteiger partial charge in [0.1, 0.15) is 11.5 Å². The maximum absolute atomic E-state index is 10.6. The highest BCUT2D eigenvalue weighted by atomic mass is 16.5. The fourth-order valence-corrected chi connectivity index (χ4v) is 8.30. The Labute approximate surface area is 397 Å². The Bertz CT molecular complexity index is 1290. The lowest BCUT2D eigenvalue weighted by Crippen LogP contribution is -2.36. The minimum atomic E-state index is -0.678. The highest BCUT2D eigenvalue weighted by Crippen LogP contribution is 2.25. The van der Waals surface area contributed by atoms with E-state index in [1.807, 2.05) is 0 Å². The monoisotopic (exact) mass is 906 g/mol. The number of allylic oxidation sites excluding steroid dienone is 8. The molecule has 2 N–H and O–H groups in total. The quantitative estimate of drug-likeness (QED) is 0.0492. The average Bonchev–Trinajstić information content (AvgIpc) is 3.30. The van der Waals surface area contributed by atoms with Gasteiger partial charge in [0.2, 0.25) is 0 Å². The van der Waals surface area contributed by atoms with Crippen LogP contribution in [-0.2, 0) is 20.7 Å². The van der Waals surface area contributed by atoms with E-state index in [0.717, 1.165) is 147 Å². The molecule has 8 heteroatoms. The number of hydrogen-bond donors (Lipinski definition) is 2. The van der Waals surface area contributed by atoms with Crippen LogP contribution in [0.1, 0.15) is 217 Å². The van der Waals surface area contributed by atoms with Gasteiger partial charge in [0.15, 0.2) is 0 Å². The molecule has 1 aliphatic rings. The van der Waals surface area contributed by atoms with Crippen LogP contribution >= 0.6 is 0 Å². The Morgan fingerprint density at radius 1 is 0.462 bits per heavy atom. The number of ether oxygens (including phenoxy) is 3. The average molecular weight is 906 g/mol. The number of benzene rings is 1. The van der Waals surface area contributed by atoms with Crippen molar-refractivity contribution in [2.75, 3.05) is 46.1 Å².